The van der Waals surface area contributed by atoms with Crippen LogP contribution in [0, 0.1) is 34.6 Å². The van der Waals surface area contributed by atoms with Crippen molar-refractivity contribution in [3.63, 3.8) is 0 Å². The molecule has 0 aliphatic rings. The first-order chi connectivity index (χ1) is 13.7. The van der Waals surface area contributed by atoms with Crippen LogP contribution in [0.15, 0.2) is 34.8 Å². The van der Waals surface area contributed by atoms with E-state index >= 15 is 0 Å². The van der Waals surface area contributed by atoms with E-state index in [1.54, 1.807) is 6.08 Å². The highest BCUT2D eigenvalue weighted by molar-refractivity contribution is 6.05. The van der Waals surface area contributed by atoms with Gasteiger partial charge in [-0.25, -0.2) is 0 Å². The summed E-state index contributed by atoms with van der Waals surface area (Å²) < 4.78 is 11.9. The minimum absolute atomic E-state index is 0.159. The van der Waals surface area contributed by atoms with Crippen LogP contribution in [-0.4, -0.2) is 12.5 Å². The number of furan rings is 1. The third-order valence-electron chi connectivity index (χ3n) is 5.20. The van der Waals surface area contributed by atoms with Gasteiger partial charge in [0.05, 0.1) is 6.61 Å². The summed E-state index contributed by atoms with van der Waals surface area (Å²) in [6, 6.07) is 8.08. The maximum Gasteiger partial charge on any atom is 0.248 e. The van der Waals surface area contributed by atoms with Crippen molar-refractivity contribution in [1.29, 1.82) is 0 Å². The van der Waals surface area contributed by atoms with Gasteiger partial charge in [0.15, 0.2) is 0 Å². The number of allylic oxidation sites excluding steroid dienone is 1. The van der Waals surface area contributed by atoms with E-state index in [1.165, 1.54) is 0 Å². The predicted molar refractivity (Wildman–Crippen MR) is 120 cm³/mol. The van der Waals surface area contributed by atoms with Crippen LogP contribution in [0.5, 0.6) is 5.75 Å². The molecule has 3 aromatic rings. The highest BCUT2D eigenvalue weighted by Crippen LogP contribution is 2.38. The lowest BCUT2D eigenvalue weighted by atomic mass is 9.98. The van der Waals surface area contributed by atoms with E-state index in [2.05, 4.69) is 24.4 Å². The van der Waals surface area contributed by atoms with Gasteiger partial charge in [-0.05, 0) is 88.9 Å². The van der Waals surface area contributed by atoms with Crippen LogP contribution in [0.4, 0.5) is 5.69 Å². The molecule has 1 N–H and O–H groups in total. The average molecular weight is 392 g/mol. The van der Waals surface area contributed by atoms with Gasteiger partial charge in [0.1, 0.15) is 17.1 Å². The Morgan fingerprint density at radius 2 is 1.69 bits per heavy atom. The zero-order valence-electron chi connectivity index (χ0n) is 18.3. The molecular formula is C25H29NO3. The van der Waals surface area contributed by atoms with Gasteiger partial charge >= 0.3 is 0 Å². The van der Waals surface area contributed by atoms with Crippen LogP contribution in [-0.2, 0) is 4.79 Å². The summed E-state index contributed by atoms with van der Waals surface area (Å²) in [6.45, 7) is 14.5. The van der Waals surface area contributed by atoms with E-state index in [9.17, 15) is 4.79 Å². The lowest BCUT2D eigenvalue weighted by Crippen LogP contribution is -2.09. The fourth-order valence-corrected chi connectivity index (χ4v) is 3.73. The van der Waals surface area contributed by atoms with E-state index in [4.69, 9.17) is 9.15 Å². The Hall–Kier alpha value is -3.01. The predicted octanol–water partition coefficient (Wildman–Crippen LogP) is 6.42. The van der Waals surface area contributed by atoms with Crippen LogP contribution >= 0.6 is 0 Å². The number of carbonyl (C=O) groups excluding carboxylic acids is 1. The van der Waals surface area contributed by atoms with Gasteiger partial charge in [-0.15, -0.1) is 0 Å². The second-order valence-electron chi connectivity index (χ2n) is 7.66. The quantitative estimate of drug-likeness (QED) is 0.511. The molecule has 1 amide bonds. The Morgan fingerprint density at radius 1 is 1.03 bits per heavy atom. The fourth-order valence-electron chi connectivity index (χ4n) is 3.73. The highest BCUT2D eigenvalue weighted by atomic mass is 16.5. The molecule has 0 aliphatic heterocycles. The molecule has 0 spiro atoms. The van der Waals surface area contributed by atoms with Crippen molar-refractivity contribution in [1.82, 2.24) is 0 Å². The maximum atomic E-state index is 12.7. The number of fused-ring (bicyclic) bond motifs is 1. The smallest absolute Gasteiger partial charge is 0.248 e. The molecule has 0 atom stereocenters. The van der Waals surface area contributed by atoms with Crippen molar-refractivity contribution in [2.45, 2.75) is 48.5 Å². The average Bonchev–Trinajstić information content (AvgIpc) is 2.91. The molecule has 4 nitrogen and oxygen atoms in total. The van der Waals surface area contributed by atoms with Gasteiger partial charge in [-0.2, -0.15) is 0 Å². The van der Waals surface area contributed by atoms with E-state index in [-0.39, 0.29) is 5.91 Å². The molecule has 0 fully saturated rings. The first-order valence-electron chi connectivity index (χ1n) is 9.95. The number of hydrogen-bond donors (Lipinski definition) is 1. The van der Waals surface area contributed by atoms with Crippen LogP contribution in [0.2, 0.25) is 0 Å². The first kappa shape index (κ1) is 20.7. The number of benzene rings is 2. The lowest BCUT2D eigenvalue weighted by molar-refractivity contribution is -0.111. The molecule has 1 heterocycles. The number of anilines is 1. The standard InChI is InChI=1S/C25H29NO3/c1-8-28-24-18(6)25-22(17(5)19(7)29-25)13-21(24)16(4)12-23(27)26-20-10-14(2)9-15(3)11-20/h9-13H,8H2,1-7H3,(H,26,27)/b16-12+. The van der Waals surface area contributed by atoms with Crippen molar-refractivity contribution in [3.05, 3.63) is 63.9 Å². The second-order valence-corrected chi connectivity index (χ2v) is 7.66. The Morgan fingerprint density at radius 3 is 2.31 bits per heavy atom. The van der Waals surface area contributed by atoms with Gasteiger partial charge in [0, 0.05) is 28.3 Å². The summed E-state index contributed by atoms with van der Waals surface area (Å²) in [7, 11) is 0. The largest absolute Gasteiger partial charge is 0.493 e. The van der Waals surface area contributed by atoms with Crippen LogP contribution in [0.3, 0.4) is 0 Å². The number of amides is 1. The molecule has 0 unspecified atom stereocenters. The maximum absolute atomic E-state index is 12.7. The molecule has 0 saturated heterocycles. The van der Waals surface area contributed by atoms with Crippen molar-refractivity contribution in [3.8, 4) is 5.75 Å². The van der Waals surface area contributed by atoms with Gasteiger partial charge in [0.25, 0.3) is 0 Å². The molecule has 29 heavy (non-hydrogen) atoms. The third kappa shape index (κ3) is 4.21. The normalized spacial score (nSPS) is 11.8. The fraction of sp³-hybridized carbons (Fsp3) is 0.320. The van der Waals surface area contributed by atoms with Crippen molar-refractivity contribution in [2.24, 2.45) is 0 Å². The molecule has 1 aromatic heterocycles. The van der Waals surface area contributed by atoms with Gasteiger partial charge in [-0.3, -0.25) is 4.79 Å². The summed E-state index contributed by atoms with van der Waals surface area (Å²) >= 11 is 0. The first-order valence-corrected chi connectivity index (χ1v) is 9.95. The topological polar surface area (TPSA) is 51.5 Å². The Labute approximate surface area is 172 Å². The molecular weight excluding hydrogens is 362 g/mol. The minimum Gasteiger partial charge on any atom is -0.493 e. The summed E-state index contributed by atoms with van der Waals surface area (Å²) in [5, 5.41) is 4.02. The zero-order chi connectivity index (χ0) is 21.3. The van der Waals surface area contributed by atoms with E-state index in [1.807, 2.05) is 53.7 Å². The summed E-state index contributed by atoms with van der Waals surface area (Å²) in [6.07, 6.45) is 1.63. The molecule has 3 rings (SSSR count). The minimum atomic E-state index is -0.159. The molecule has 0 radical (unpaired) electrons. The highest BCUT2D eigenvalue weighted by Gasteiger charge is 2.18. The summed E-state index contributed by atoms with van der Waals surface area (Å²) in [4.78, 5) is 12.7. The lowest BCUT2D eigenvalue weighted by Gasteiger charge is -2.14. The zero-order valence-corrected chi connectivity index (χ0v) is 18.3. The third-order valence-corrected chi connectivity index (χ3v) is 5.20. The molecule has 0 aliphatic carbocycles. The molecule has 2 aromatic carbocycles. The van der Waals surface area contributed by atoms with Crippen LogP contribution < -0.4 is 10.1 Å². The van der Waals surface area contributed by atoms with Crippen molar-refractivity contribution >= 4 is 28.1 Å². The molecule has 0 bridgehead atoms. The monoisotopic (exact) mass is 391 g/mol. The number of nitrogens with one attached hydrogen (secondary N) is 1. The summed E-state index contributed by atoms with van der Waals surface area (Å²) in [5.41, 5.74) is 7.71. The number of rotatable bonds is 5. The van der Waals surface area contributed by atoms with Gasteiger partial charge < -0.3 is 14.5 Å². The van der Waals surface area contributed by atoms with Crippen LogP contribution in [0.25, 0.3) is 16.5 Å². The van der Waals surface area contributed by atoms with E-state index in [0.29, 0.717) is 6.61 Å². The van der Waals surface area contributed by atoms with Gasteiger partial charge in [0.2, 0.25) is 5.91 Å². The van der Waals surface area contributed by atoms with Gasteiger partial charge in [-0.1, -0.05) is 6.07 Å². The van der Waals surface area contributed by atoms with E-state index in [0.717, 1.165) is 61.6 Å². The Bertz CT molecular complexity index is 1100. The number of hydrogen-bond acceptors (Lipinski definition) is 3. The molecule has 4 heteroatoms. The molecule has 152 valence electrons. The molecule has 0 saturated carbocycles. The van der Waals surface area contributed by atoms with Crippen molar-refractivity contribution in [2.75, 3.05) is 11.9 Å². The summed E-state index contributed by atoms with van der Waals surface area (Å²) in [5.74, 6) is 1.51. The van der Waals surface area contributed by atoms with E-state index < -0.39 is 0 Å². The Balaban J connectivity index is 2.02. The number of aryl methyl sites for hydroxylation is 5. The number of carbonyl (C=O) groups is 1. The Kier molecular flexibility index (Phi) is 5.83. The number of ether oxygens (including phenoxy) is 1. The second kappa shape index (κ2) is 8.16. The van der Waals surface area contributed by atoms with Crippen molar-refractivity contribution < 1.29 is 13.9 Å². The van der Waals surface area contributed by atoms with Crippen LogP contribution in [0.1, 0.15) is 47.4 Å². The SMILES string of the molecule is CCOc1c(/C(C)=C/C(=O)Nc2cc(C)cc(C)c2)cc2c(C)c(C)oc2c1C.